The standard InChI is InChI=1S/C14H27N3/c1-14(2,3)17-10-8-16(9-11-17)13(15)12-6-4-5-7-12/h12,15H,4-11H2,1-3H3. The molecule has 0 spiro atoms. The molecule has 2 rings (SSSR count). The van der Waals surface area contributed by atoms with Gasteiger partial charge >= 0.3 is 0 Å². The van der Waals surface area contributed by atoms with E-state index in [1.807, 2.05) is 0 Å². The Bertz CT molecular complexity index is 266. The lowest BCUT2D eigenvalue weighted by atomic mass is 10.0. The average Bonchev–Trinajstić information content (AvgIpc) is 2.80. The Morgan fingerprint density at radius 1 is 1.00 bits per heavy atom. The van der Waals surface area contributed by atoms with Crippen LogP contribution in [-0.2, 0) is 0 Å². The van der Waals surface area contributed by atoms with Crippen molar-refractivity contribution in [1.29, 1.82) is 5.41 Å². The van der Waals surface area contributed by atoms with E-state index in [0.717, 1.165) is 32.0 Å². The predicted octanol–water partition coefficient (Wildman–Crippen LogP) is 2.57. The summed E-state index contributed by atoms with van der Waals surface area (Å²) >= 11 is 0. The minimum absolute atomic E-state index is 0.279. The molecule has 0 aromatic heterocycles. The molecule has 1 N–H and O–H groups in total. The molecule has 1 aliphatic carbocycles. The summed E-state index contributed by atoms with van der Waals surface area (Å²) < 4.78 is 0. The summed E-state index contributed by atoms with van der Waals surface area (Å²) in [5, 5.41) is 8.31. The maximum absolute atomic E-state index is 8.31. The maximum atomic E-state index is 8.31. The lowest BCUT2D eigenvalue weighted by molar-refractivity contribution is 0.0862. The monoisotopic (exact) mass is 237 g/mol. The van der Waals surface area contributed by atoms with Crippen LogP contribution in [0.4, 0.5) is 0 Å². The predicted molar refractivity (Wildman–Crippen MR) is 72.6 cm³/mol. The molecule has 3 nitrogen and oxygen atoms in total. The van der Waals surface area contributed by atoms with E-state index in [2.05, 4.69) is 30.6 Å². The van der Waals surface area contributed by atoms with Gasteiger partial charge in [-0.3, -0.25) is 10.3 Å². The normalized spacial score (nSPS) is 24.3. The third-order valence-corrected chi connectivity index (χ3v) is 4.31. The quantitative estimate of drug-likeness (QED) is 0.561. The molecule has 0 amide bonds. The third kappa shape index (κ3) is 3.01. The van der Waals surface area contributed by atoms with Gasteiger partial charge in [0.1, 0.15) is 0 Å². The van der Waals surface area contributed by atoms with Gasteiger partial charge in [0, 0.05) is 37.6 Å². The van der Waals surface area contributed by atoms with Crippen LogP contribution in [-0.4, -0.2) is 47.4 Å². The van der Waals surface area contributed by atoms with Crippen LogP contribution in [0.2, 0.25) is 0 Å². The van der Waals surface area contributed by atoms with Crippen LogP contribution in [0.1, 0.15) is 46.5 Å². The fraction of sp³-hybridized carbons (Fsp3) is 0.929. The first-order valence-electron chi connectivity index (χ1n) is 7.07. The van der Waals surface area contributed by atoms with Gasteiger partial charge in [0.15, 0.2) is 0 Å². The maximum Gasteiger partial charge on any atom is 0.0990 e. The third-order valence-electron chi connectivity index (χ3n) is 4.31. The van der Waals surface area contributed by atoms with Crippen LogP contribution in [0.3, 0.4) is 0 Å². The first kappa shape index (κ1) is 12.9. The highest BCUT2D eigenvalue weighted by Gasteiger charge is 2.29. The smallest absolute Gasteiger partial charge is 0.0990 e. The zero-order chi connectivity index (χ0) is 12.5. The van der Waals surface area contributed by atoms with Gasteiger partial charge in [0.25, 0.3) is 0 Å². The lowest BCUT2D eigenvalue weighted by Crippen LogP contribution is -2.55. The van der Waals surface area contributed by atoms with Crippen molar-refractivity contribution < 1.29 is 0 Å². The molecule has 17 heavy (non-hydrogen) atoms. The SMILES string of the molecule is CC(C)(C)N1CCN(C(=N)C2CCCC2)CC1. The van der Waals surface area contributed by atoms with Gasteiger partial charge in [-0.05, 0) is 33.6 Å². The molecule has 0 bridgehead atoms. The fourth-order valence-electron chi connectivity index (χ4n) is 3.08. The van der Waals surface area contributed by atoms with Gasteiger partial charge in [-0.25, -0.2) is 0 Å². The van der Waals surface area contributed by atoms with E-state index in [0.29, 0.717) is 5.92 Å². The Hall–Kier alpha value is -0.570. The van der Waals surface area contributed by atoms with Crippen molar-refractivity contribution in [2.24, 2.45) is 5.92 Å². The number of rotatable bonds is 1. The second-order valence-corrected chi connectivity index (χ2v) is 6.51. The van der Waals surface area contributed by atoms with Crippen LogP contribution in [0.15, 0.2) is 0 Å². The van der Waals surface area contributed by atoms with Crippen molar-refractivity contribution in [3.05, 3.63) is 0 Å². The molecule has 2 aliphatic rings. The van der Waals surface area contributed by atoms with Crippen molar-refractivity contribution in [1.82, 2.24) is 9.80 Å². The van der Waals surface area contributed by atoms with Gasteiger partial charge in [-0.15, -0.1) is 0 Å². The Labute approximate surface area is 106 Å². The Balaban J connectivity index is 1.84. The van der Waals surface area contributed by atoms with Crippen molar-refractivity contribution in [3.8, 4) is 0 Å². The van der Waals surface area contributed by atoms with E-state index >= 15 is 0 Å². The Morgan fingerprint density at radius 3 is 2.00 bits per heavy atom. The number of nitrogens with zero attached hydrogens (tertiary/aromatic N) is 2. The van der Waals surface area contributed by atoms with Crippen molar-refractivity contribution in [3.63, 3.8) is 0 Å². The summed E-state index contributed by atoms with van der Waals surface area (Å²) in [5.74, 6) is 1.49. The molecule has 0 atom stereocenters. The topological polar surface area (TPSA) is 30.3 Å². The van der Waals surface area contributed by atoms with Crippen molar-refractivity contribution in [2.45, 2.75) is 52.0 Å². The van der Waals surface area contributed by atoms with Crippen molar-refractivity contribution in [2.75, 3.05) is 26.2 Å². The molecule has 0 radical (unpaired) electrons. The Morgan fingerprint density at radius 2 is 1.53 bits per heavy atom. The molecule has 3 heteroatoms. The van der Waals surface area contributed by atoms with Gasteiger partial charge in [-0.1, -0.05) is 12.8 Å². The van der Waals surface area contributed by atoms with Crippen LogP contribution >= 0.6 is 0 Å². The number of piperazine rings is 1. The van der Waals surface area contributed by atoms with Gasteiger partial charge in [0.05, 0.1) is 5.84 Å². The van der Waals surface area contributed by atoms with E-state index < -0.39 is 0 Å². The van der Waals surface area contributed by atoms with Crippen LogP contribution in [0.5, 0.6) is 0 Å². The fourth-order valence-corrected chi connectivity index (χ4v) is 3.08. The van der Waals surface area contributed by atoms with Crippen LogP contribution < -0.4 is 0 Å². The van der Waals surface area contributed by atoms with Crippen LogP contribution in [0, 0.1) is 11.3 Å². The number of nitrogens with one attached hydrogen (secondary N) is 1. The highest BCUT2D eigenvalue weighted by molar-refractivity contribution is 5.82. The molecule has 0 aromatic rings. The zero-order valence-corrected chi connectivity index (χ0v) is 11.6. The molecule has 1 aliphatic heterocycles. The molecule has 1 saturated heterocycles. The first-order chi connectivity index (χ1) is 7.98. The summed E-state index contributed by atoms with van der Waals surface area (Å²) in [6, 6.07) is 0. The molecule has 98 valence electrons. The molecular formula is C14H27N3. The number of hydrogen-bond donors (Lipinski definition) is 1. The minimum Gasteiger partial charge on any atom is -0.358 e. The van der Waals surface area contributed by atoms with E-state index in [-0.39, 0.29) is 5.54 Å². The summed E-state index contributed by atoms with van der Waals surface area (Å²) in [5.41, 5.74) is 0.279. The number of amidine groups is 1. The number of hydrogen-bond acceptors (Lipinski definition) is 2. The van der Waals surface area contributed by atoms with Gasteiger partial charge < -0.3 is 4.90 Å². The zero-order valence-electron chi connectivity index (χ0n) is 11.6. The summed E-state index contributed by atoms with van der Waals surface area (Å²) in [7, 11) is 0. The van der Waals surface area contributed by atoms with E-state index in [1.54, 1.807) is 0 Å². The molecule has 2 fully saturated rings. The Kier molecular flexibility index (Phi) is 3.76. The minimum atomic E-state index is 0.279. The largest absolute Gasteiger partial charge is 0.358 e. The van der Waals surface area contributed by atoms with Crippen molar-refractivity contribution >= 4 is 5.84 Å². The second kappa shape index (κ2) is 4.97. The molecule has 0 aromatic carbocycles. The highest BCUT2D eigenvalue weighted by atomic mass is 15.3. The van der Waals surface area contributed by atoms with Gasteiger partial charge in [-0.2, -0.15) is 0 Å². The molecular weight excluding hydrogens is 210 g/mol. The molecule has 1 saturated carbocycles. The second-order valence-electron chi connectivity index (χ2n) is 6.51. The van der Waals surface area contributed by atoms with E-state index in [4.69, 9.17) is 5.41 Å². The lowest BCUT2D eigenvalue weighted by Gasteiger charge is -2.43. The van der Waals surface area contributed by atoms with Gasteiger partial charge in [0.2, 0.25) is 0 Å². The first-order valence-corrected chi connectivity index (χ1v) is 7.07. The van der Waals surface area contributed by atoms with Crippen LogP contribution in [0.25, 0.3) is 0 Å². The van der Waals surface area contributed by atoms with E-state index in [9.17, 15) is 0 Å². The molecule has 1 heterocycles. The summed E-state index contributed by atoms with van der Waals surface area (Å²) in [4.78, 5) is 4.85. The molecule has 0 unspecified atom stereocenters. The summed E-state index contributed by atoms with van der Waals surface area (Å²) in [6.45, 7) is 11.2. The average molecular weight is 237 g/mol. The van der Waals surface area contributed by atoms with E-state index in [1.165, 1.54) is 25.7 Å². The highest BCUT2D eigenvalue weighted by Crippen LogP contribution is 2.27. The summed E-state index contributed by atoms with van der Waals surface area (Å²) in [6.07, 6.45) is 5.15.